The van der Waals surface area contributed by atoms with Crippen LogP contribution in [0.1, 0.15) is 22.2 Å². The number of halogens is 1. The molecular formula is C19H13ClN2O6. The number of nitrogens with one attached hydrogen (secondary N) is 1. The van der Waals surface area contributed by atoms with Gasteiger partial charge in [-0.2, -0.15) is 0 Å². The van der Waals surface area contributed by atoms with Crippen LogP contribution >= 0.6 is 11.6 Å². The fourth-order valence-electron chi connectivity index (χ4n) is 2.40. The predicted molar refractivity (Wildman–Crippen MR) is 100 cm³/mol. The Morgan fingerprint density at radius 1 is 1.11 bits per heavy atom. The smallest absolute Gasteiger partial charge is 0.375 e. The molecule has 0 saturated heterocycles. The molecule has 3 aromatic rings. The van der Waals surface area contributed by atoms with E-state index in [0.717, 1.165) is 6.07 Å². The molecule has 3 rings (SSSR count). The summed E-state index contributed by atoms with van der Waals surface area (Å²) in [5.74, 6) is -1.57. The van der Waals surface area contributed by atoms with Crippen molar-refractivity contribution in [1.29, 1.82) is 0 Å². The molecule has 1 amide bonds. The van der Waals surface area contributed by atoms with Crippen molar-refractivity contribution < 1.29 is 23.7 Å². The third kappa shape index (κ3) is 4.36. The Labute approximate surface area is 163 Å². The minimum atomic E-state index is -1.30. The average molecular weight is 401 g/mol. The van der Waals surface area contributed by atoms with Crippen LogP contribution in [0, 0.1) is 10.1 Å². The summed E-state index contributed by atoms with van der Waals surface area (Å²) in [5.41, 5.74) is 0.197. The van der Waals surface area contributed by atoms with E-state index in [1.165, 1.54) is 30.5 Å². The molecule has 8 nitrogen and oxygen atoms in total. The Bertz CT molecular complexity index is 1000. The fraction of sp³-hybridized carbons (Fsp3) is 0.0526. The van der Waals surface area contributed by atoms with Crippen LogP contribution in [0.5, 0.6) is 0 Å². The molecule has 9 heteroatoms. The molecule has 0 spiro atoms. The van der Waals surface area contributed by atoms with Crippen LogP contribution in [0.15, 0.2) is 71.3 Å². The predicted octanol–water partition coefficient (Wildman–Crippen LogP) is 4.38. The maximum absolute atomic E-state index is 12.8. The molecule has 0 fully saturated rings. The van der Waals surface area contributed by atoms with Gasteiger partial charge >= 0.3 is 5.97 Å². The highest BCUT2D eigenvalue weighted by atomic mass is 35.5. The summed E-state index contributed by atoms with van der Waals surface area (Å²) >= 11 is 5.78. The van der Waals surface area contributed by atoms with E-state index in [-0.39, 0.29) is 22.2 Å². The summed E-state index contributed by atoms with van der Waals surface area (Å²) in [6.07, 6.45) is 0.00892. The number of nitrogens with zero attached hydrogens (tertiary/aromatic N) is 1. The maximum atomic E-state index is 12.8. The number of nitro benzene ring substituents is 1. The van der Waals surface area contributed by atoms with Crippen LogP contribution in [0.4, 0.5) is 11.4 Å². The largest absolute Gasteiger partial charge is 0.457 e. The Hall–Kier alpha value is -3.65. The zero-order valence-electron chi connectivity index (χ0n) is 14.2. The van der Waals surface area contributed by atoms with E-state index in [2.05, 4.69) is 5.32 Å². The van der Waals surface area contributed by atoms with Gasteiger partial charge in [0.1, 0.15) is 5.02 Å². The van der Waals surface area contributed by atoms with E-state index in [4.69, 9.17) is 20.8 Å². The van der Waals surface area contributed by atoms with E-state index in [9.17, 15) is 19.7 Å². The molecule has 142 valence electrons. The first-order valence-corrected chi connectivity index (χ1v) is 8.38. The zero-order valence-corrected chi connectivity index (χ0v) is 15.0. The van der Waals surface area contributed by atoms with Gasteiger partial charge in [-0.25, -0.2) is 4.79 Å². The average Bonchev–Trinajstić information content (AvgIpc) is 3.22. The Kier molecular flexibility index (Phi) is 5.71. The van der Waals surface area contributed by atoms with Crippen molar-refractivity contribution in [3.63, 3.8) is 0 Å². The van der Waals surface area contributed by atoms with Crippen molar-refractivity contribution in [2.75, 3.05) is 5.32 Å². The normalized spacial score (nSPS) is 11.5. The van der Waals surface area contributed by atoms with Crippen molar-refractivity contribution in [1.82, 2.24) is 0 Å². The summed E-state index contributed by atoms with van der Waals surface area (Å²) in [4.78, 5) is 35.4. The van der Waals surface area contributed by atoms with Gasteiger partial charge in [0, 0.05) is 17.3 Å². The number of hydrogen-bond donors (Lipinski definition) is 1. The van der Waals surface area contributed by atoms with Crippen LogP contribution in [0.3, 0.4) is 0 Å². The topological polar surface area (TPSA) is 112 Å². The molecule has 0 bridgehead atoms. The van der Waals surface area contributed by atoms with Crippen LogP contribution < -0.4 is 5.32 Å². The number of benzene rings is 2. The number of anilines is 1. The Balaban J connectivity index is 1.86. The zero-order chi connectivity index (χ0) is 20.1. The molecule has 1 heterocycles. The second-order valence-corrected chi connectivity index (χ2v) is 5.99. The lowest BCUT2D eigenvalue weighted by molar-refractivity contribution is -0.384. The number of carbonyl (C=O) groups excluding carboxylic acids is 2. The van der Waals surface area contributed by atoms with Crippen LogP contribution in [-0.2, 0) is 9.53 Å². The fourth-order valence-corrected chi connectivity index (χ4v) is 2.59. The highest BCUT2D eigenvalue weighted by molar-refractivity contribution is 6.32. The lowest BCUT2D eigenvalue weighted by atomic mass is 10.1. The number of esters is 1. The molecule has 0 radical (unpaired) electrons. The van der Waals surface area contributed by atoms with Gasteiger partial charge in [0.05, 0.1) is 11.2 Å². The first kappa shape index (κ1) is 19.1. The molecule has 1 aromatic heterocycles. The number of amides is 1. The van der Waals surface area contributed by atoms with Crippen LogP contribution in [0.2, 0.25) is 5.02 Å². The minimum absolute atomic E-state index is 0.0594. The molecule has 0 aliphatic carbocycles. The van der Waals surface area contributed by atoms with E-state index < -0.39 is 22.9 Å². The van der Waals surface area contributed by atoms with Crippen molar-refractivity contribution >= 4 is 34.9 Å². The van der Waals surface area contributed by atoms with E-state index in [0.29, 0.717) is 5.56 Å². The highest BCUT2D eigenvalue weighted by Crippen LogP contribution is 2.28. The van der Waals surface area contributed by atoms with E-state index >= 15 is 0 Å². The third-order valence-corrected chi connectivity index (χ3v) is 4.02. The van der Waals surface area contributed by atoms with Crippen molar-refractivity contribution in [3.05, 3.63) is 93.4 Å². The summed E-state index contributed by atoms with van der Waals surface area (Å²) in [6, 6.07) is 15.1. The van der Waals surface area contributed by atoms with Gasteiger partial charge in [-0.3, -0.25) is 14.9 Å². The summed E-state index contributed by atoms with van der Waals surface area (Å²) in [7, 11) is 0. The SMILES string of the molecule is O=C(O[C@H](C(=O)Nc1ccc(Cl)c([N+](=O)[O-])c1)c1ccccc1)c1ccco1. The Morgan fingerprint density at radius 2 is 1.86 bits per heavy atom. The second kappa shape index (κ2) is 8.36. The highest BCUT2D eigenvalue weighted by Gasteiger charge is 2.27. The molecule has 1 N–H and O–H groups in total. The van der Waals surface area contributed by atoms with Gasteiger partial charge in [0.25, 0.3) is 11.6 Å². The molecule has 1 atom stereocenters. The molecule has 0 saturated carbocycles. The van der Waals surface area contributed by atoms with E-state index in [1.54, 1.807) is 30.3 Å². The number of hydrogen-bond acceptors (Lipinski definition) is 6. The lowest BCUT2D eigenvalue weighted by Gasteiger charge is -2.17. The molecular weight excluding hydrogens is 388 g/mol. The van der Waals surface area contributed by atoms with Crippen LogP contribution in [-0.4, -0.2) is 16.8 Å². The summed E-state index contributed by atoms with van der Waals surface area (Å²) in [5, 5.41) is 13.5. The first-order chi connectivity index (χ1) is 13.5. The molecule has 0 aliphatic rings. The van der Waals surface area contributed by atoms with Crippen LogP contribution in [0.25, 0.3) is 0 Å². The number of furan rings is 1. The van der Waals surface area contributed by atoms with Crippen molar-refractivity contribution in [3.8, 4) is 0 Å². The third-order valence-electron chi connectivity index (χ3n) is 3.70. The van der Waals surface area contributed by atoms with Gasteiger partial charge in [0.15, 0.2) is 0 Å². The first-order valence-electron chi connectivity index (χ1n) is 8.00. The number of nitro groups is 1. The molecule has 0 aliphatic heterocycles. The molecule has 28 heavy (non-hydrogen) atoms. The second-order valence-electron chi connectivity index (χ2n) is 5.59. The lowest BCUT2D eigenvalue weighted by Crippen LogP contribution is -2.25. The monoisotopic (exact) mass is 400 g/mol. The maximum Gasteiger partial charge on any atom is 0.375 e. The number of ether oxygens (including phenoxy) is 1. The van der Waals surface area contributed by atoms with Gasteiger partial charge in [-0.15, -0.1) is 0 Å². The summed E-state index contributed by atoms with van der Waals surface area (Å²) < 4.78 is 10.3. The summed E-state index contributed by atoms with van der Waals surface area (Å²) in [6.45, 7) is 0. The van der Waals surface area contributed by atoms with Crippen molar-refractivity contribution in [2.24, 2.45) is 0 Å². The Morgan fingerprint density at radius 3 is 2.50 bits per heavy atom. The number of rotatable bonds is 6. The minimum Gasteiger partial charge on any atom is -0.457 e. The quantitative estimate of drug-likeness (QED) is 0.373. The van der Waals surface area contributed by atoms with Gasteiger partial charge in [-0.05, 0) is 24.3 Å². The van der Waals surface area contributed by atoms with Gasteiger partial charge in [-0.1, -0.05) is 41.9 Å². The standard InChI is InChI=1S/C19H13ClN2O6/c20-14-9-8-13(11-15(14)22(25)26)21-18(23)17(12-5-2-1-3-6-12)28-19(24)16-7-4-10-27-16/h1-11,17H,(H,21,23)/t17-/m0/s1. The number of carbonyl (C=O) groups is 2. The molecule has 0 unspecified atom stereocenters. The molecule has 2 aromatic carbocycles. The van der Waals surface area contributed by atoms with Gasteiger partial charge < -0.3 is 14.5 Å². The van der Waals surface area contributed by atoms with Gasteiger partial charge in [0.2, 0.25) is 11.9 Å². The van der Waals surface area contributed by atoms with E-state index in [1.807, 2.05) is 0 Å². The van der Waals surface area contributed by atoms with Crippen molar-refractivity contribution in [2.45, 2.75) is 6.10 Å².